The molecule has 4 rings (SSSR count). The van der Waals surface area contributed by atoms with Gasteiger partial charge in [0.25, 0.3) is 0 Å². The third kappa shape index (κ3) is 5.37. The number of ether oxygens (including phenoxy) is 1. The predicted octanol–water partition coefficient (Wildman–Crippen LogP) is 4.83. The summed E-state index contributed by atoms with van der Waals surface area (Å²) in [5.41, 5.74) is 6.84. The summed E-state index contributed by atoms with van der Waals surface area (Å²) in [7, 11) is 0. The molecule has 2 aromatic carbocycles. The average molecular weight is 452 g/mol. The largest absolute Gasteiger partial charge is 0.379 e. The summed E-state index contributed by atoms with van der Waals surface area (Å²) in [6.45, 7) is 13.5. The monoisotopic (exact) mass is 451 g/mol. The van der Waals surface area contributed by atoms with Crippen molar-refractivity contribution in [2.24, 2.45) is 0 Å². The van der Waals surface area contributed by atoms with Gasteiger partial charge in [-0.2, -0.15) is 0 Å². The molecule has 0 aliphatic carbocycles. The maximum atomic E-state index is 13.5. The normalized spacial score (nSPS) is 14.8. The standard InChI is InChI=1S/C26H33N3O2S/c1-18-6-7-20(3)22(15-18)17-24(30)29(9-5-8-28-10-12-31-13-11-28)26-27-25-21(4)14-19(2)16-23(25)32-26/h6-7,14-16H,5,8-13,17H2,1-4H3. The minimum absolute atomic E-state index is 0.120. The molecule has 0 atom stereocenters. The lowest BCUT2D eigenvalue weighted by Gasteiger charge is -2.28. The van der Waals surface area contributed by atoms with Gasteiger partial charge in [0.15, 0.2) is 5.13 Å². The summed E-state index contributed by atoms with van der Waals surface area (Å²) < 4.78 is 6.61. The second-order valence-electron chi connectivity index (χ2n) is 8.88. The van der Waals surface area contributed by atoms with Gasteiger partial charge in [0, 0.05) is 26.2 Å². The zero-order valence-electron chi connectivity index (χ0n) is 19.6. The van der Waals surface area contributed by atoms with E-state index >= 15 is 0 Å². The lowest BCUT2D eigenvalue weighted by Crippen LogP contribution is -2.39. The molecule has 170 valence electrons. The van der Waals surface area contributed by atoms with Crippen molar-refractivity contribution in [2.75, 3.05) is 44.3 Å². The van der Waals surface area contributed by atoms with Crippen LogP contribution in [0.5, 0.6) is 0 Å². The minimum atomic E-state index is 0.120. The van der Waals surface area contributed by atoms with Gasteiger partial charge >= 0.3 is 0 Å². The van der Waals surface area contributed by atoms with Crippen molar-refractivity contribution in [1.29, 1.82) is 0 Å². The van der Waals surface area contributed by atoms with Crippen molar-refractivity contribution in [1.82, 2.24) is 9.88 Å². The number of hydrogen-bond acceptors (Lipinski definition) is 5. The average Bonchev–Trinajstić information content (AvgIpc) is 3.18. The smallest absolute Gasteiger partial charge is 0.233 e. The van der Waals surface area contributed by atoms with E-state index in [2.05, 4.69) is 62.9 Å². The minimum Gasteiger partial charge on any atom is -0.379 e. The number of nitrogens with zero attached hydrogens (tertiary/aromatic N) is 3. The first-order valence-corrected chi connectivity index (χ1v) is 12.3. The number of amides is 1. The Morgan fingerprint density at radius 1 is 1.06 bits per heavy atom. The van der Waals surface area contributed by atoms with E-state index in [1.54, 1.807) is 11.3 Å². The maximum Gasteiger partial charge on any atom is 0.233 e. The highest BCUT2D eigenvalue weighted by atomic mass is 32.1. The molecule has 1 fully saturated rings. The molecule has 0 unspecified atom stereocenters. The van der Waals surface area contributed by atoms with Crippen LogP contribution < -0.4 is 4.90 Å². The van der Waals surface area contributed by atoms with E-state index in [0.29, 0.717) is 13.0 Å². The number of aryl methyl sites for hydroxylation is 4. The van der Waals surface area contributed by atoms with Gasteiger partial charge in [0.1, 0.15) is 0 Å². The fourth-order valence-corrected chi connectivity index (χ4v) is 5.51. The fraction of sp³-hybridized carbons (Fsp3) is 0.462. The lowest BCUT2D eigenvalue weighted by atomic mass is 10.0. The summed E-state index contributed by atoms with van der Waals surface area (Å²) in [6, 6.07) is 10.7. The van der Waals surface area contributed by atoms with E-state index in [-0.39, 0.29) is 5.91 Å². The Kier molecular flexibility index (Phi) is 7.23. The number of aromatic nitrogens is 1. The predicted molar refractivity (Wildman–Crippen MR) is 133 cm³/mol. The van der Waals surface area contributed by atoms with Crippen molar-refractivity contribution < 1.29 is 9.53 Å². The lowest BCUT2D eigenvalue weighted by molar-refractivity contribution is -0.118. The van der Waals surface area contributed by atoms with Crippen molar-refractivity contribution in [3.05, 3.63) is 58.1 Å². The highest BCUT2D eigenvalue weighted by Gasteiger charge is 2.22. The van der Waals surface area contributed by atoms with Crippen LogP contribution in [0.1, 0.15) is 34.2 Å². The zero-order valence-corrected chi connectivity index (χ0v) is 20.4. The Bertz CT molecular complexity index is 1100. The molecule has 1 saturated heterocycles. The van der Waals surface area contributed by atoms with Gasteiger partial charge < -0.3 is 4.74 Å². The molecule has 2 heterocycles. The Balaban J connectivity index is 1.57. The van der Waals surface area contributed by atoms with Crippen LogP contribution in [-0.2, 0) is 16.0 Å². The van der Waals surface area contributed by atoms with Gasteiger partial charge in [-0.05, 0) is 62.4 Å². The number of hydrogen-bond donors (Lipinski definition) is 0. The highest BCUT2D eigenvalue weighted by molar-refractivity contribution is 7.22. The third-order valence-corrected chi connectivity index (χ3v) is 7.18. The highest BCUT2D eigenvalue weighted by Crippen LogP contribution is 2.32. The second-order valence-corrected chi connectivity index (χ2v) is 9.89. The van der Waals surface area contributed by atoms with Crippen LogP contribution in [0, 0.1) is 27.7 Å². The molecular formula is C26H33N3O2S. The summed E-state index contributed by atoms with van der Waals surface area (Å²) in [5.74, 6) is 0.120. The number of carbonyl (C=O) groups excluding carboxylic acids is 1. The molecule has 3 aromatic rings. The molecule has 5 nitrogen and oxygen atoms in total. The van der Waals surface area contributed by atoms with Crippen LogP contribution in [0.4, 0.5) is 5.13 Å². The first kappa shape index (κ1) is 22.9. The van der Waals surface area contributed by atoms with E-state index < -0.39 is 0 Å². The molecular weight excluding hydrogens is 418 g/mol. The number of fused-ring (bicyclic) bond motifs is 1. The number of rotatable bonds is 7. The van der Waals surface area contributed by atoms with E-state index in [0.717, 1.165) is 71.3 Å². The first-order chi connectivity index (χ1) is 15.4. The Hall–Kier alpha value is -2.28. The van der Waals surface area contributed by atoms with Gasteiger partial charge in [0.05, 0.1) is 29.9 Å². The topological polar surface area (TPSA) is 45.7 Å². The Morgan fingerprint density at radius 2 is 1.84 bits per heavy atom. The molecule has 6 heteroatoms. The van der Waals surface area contributed by atoms with Crippen LogP contribution in [0.3, 0.4) is 0 Å². The number of carbonyl (C=O) groups is 1. The number of benzene rings is 2. The van der Waals surface area contributed by atoms with Crippen molar-refractivity contribution in [3.63, 3.8) is 0 Å². The van der Waals surface area contributed by atoms with Gasteiger partial charge in [-0.15, -0.1) is 0 Å². The third-order valence-electron chi connectivity index (χ3n) is 6.16. The maximum absolute atomic E-state index is 13.5. The van der Waals surface area contributed by atoms with Crippen LogP contribution in [0.2, 0.25) is 0 Å². The zero-order chi connectivity index (χ0) is 22.7. The molecule has 32 heavy (non-hydrogen) atoms. The number of thiazole rings is 1. The molecule has 0 radical (unpaired) electrons. The van der Waals surface area contributed by atoms with Gasteiger partial charge in [0.2, 0.25) is 5.91 Å². The van der Waals surface area contributed by atoms with Gasteiger partial charge in [-0.1, -0.05) is 41.2 Å². The van der Waals surface area contributed by atoms with Crippen LogP contribution >= 0.6 is 11.3 Å². The van der Waals surface area contributed by atoms with Gasteiger partial charge in [-0.25, -0.2) is 4.98 Å². The van der Waals surface area contributed by atoms with Crippen molar-refractivity contribution in [3.8, 4) is 0 Å². The van der Waals surface area contributed by atoms with Crippen molar-refractivity contribution >= 4 is 32.6 Å². The molecule has 0 spiro atoms. The fourth-order valence-electron chi connectivity index (χ4n) is 4.33. The SMILES string of the molecule is Cc1ccc(C)c(CC(=O)N(CCCN2CCOCC2)c2nc3c(C)cc(C)cc3s2)c1. The summed E-state index contributed by atoms with van der Waals surface area (Å²) in [5, 5.41) is 0.811. The molecule has 0 saturated carbocycles. The molecule has 0 N–H and O–H groups in total. The Labute approximate surface area is 195 Å². The number of anilines is 1. The van der Waals surface area contributed by atoms with E-state index in [1.165, 1.54) is 11.1 Å². The van der Waals surface area contributed by atoms with E-state index in [4.69, 9.17) is 9.72 Å². The molecule has 1 amide bonds. The van der Waals surface area contributed by atoms with Crippen LogP contribution in [0.25, 0.3) is 10.2 Å². The van der Waals surface area contributed by atoms with Crippen LogP contribution in [0.15, 0.2) is 30.3 Å². The molecule has 1 aromatic heterocycles. The van der Waals surface area contributed by atoms with Crippen molar-refractivity contribution in [2.45, 2.75) is 40.5 Å². The summed E-state index contributed by atoms with van der Waals surface area (Å²) >= 11 is 1.63. The molecule has 1 aliphatic heterocycles. The molecule has 0 bridgehead atoms. The Morgan fingerprint density at radius 3 is 2.62 bits per heavy atom. The summed E-state index contributed by atoms with van der Waals surface area (Å²) in [4.78, 5) is 22.8. The van der Waals surface area contributed by atoms with Crippen LogP contribution in [-0.4, -0.2) is 55.2 Å². The van der Waals surface area contributed by atoms with Gasteiger partial charge in [-0.3, -0.25) is 14.6 Å². The first-order valence-electron chi connectivity index (χ1n) is 11.4. The van der Waals surface area contributed by atoms with E-state index in [1.807, 2.05) is 4.90 Å². The number of morpholine rings is 1. The van der Waals surface area contributed by atoms with E-state index in [9.17, 15) is 4.79 Å². The molecule has 1 aliphatic rings. The quantitative estimate of drug-likeness (QED) is 0.516. The summed E-state index contributed by atoms with van der Waals surface area (Å²) in [6.07, 6.45) is 1.32. The second kappa shape index (κ2) is 10.1.